The lowest BCUT2D eigenvalue weighted by Crippen LogP contribution is -2.26. The number of hydrogen-bond donors (Lipinski definition) is 1. The largest absolute Gasteiger partial charge is 0.370 e. The Bertz CT molecular complexity index is 1020. The molecule has 0 radical (unpaired) electrons. The number of anilines is 2. The van der Waals surface area contributed by atoms with E-state index in [2.05, 4.69) is 9.88 Å². The van der Waals surface area contributed by atoms with Crippen molar-refractivity contribution in [2.75, 3.05) is 43.4 Å². The summed E-state index contributed by atoms with van der Waals surface area (Å²) in [6, 6.07) is 4.62. The zero-order chi connectivity index (χ0) is 21.3. The summed E-state index contributed by atoms with van der Waals surface area (Å²) < 4.78 is 55.4. The zero-order valence-electron chi connectivity index (χ0n) is 15.8. The van der Waals surface area contributed by atoms with Crippen LogP contribution in [0.15, 0.2) is 29.2 Å². The smallest absolute Gasteiger partial charge is 0.267 e. The summed E-state index contributed by atoms with van der Waals surface area (Å²) in [6.07, 6.45) is 0.903. The number of nitrogens with one attached hydrogen (secondary N) is 1. The van der Waals surface area contributed by atoms with Crippen molar-refractivity contribution < 1.29 is 17.2 Å². The highest BCUT2D eigenvalue weighted by Crippen LogP contribution is 2.41. The molecule has 1 aromatic carbocycles. The molecule has 1 fully saturated rings. The van der Waals surface area contributed by atoms with Gasteiger partial charge in [0.05, 0.1) is 15.7 Å². The van der Waals surface area contributed by atoms with E-state index in [0.29, 0.717) is 24.7 Å². The molecule has 2 aromatic rings. The van der Waals surface area contributed by atoms with Crippen molar-refractivity contribution >= 4 is 44.7 Å². The fraction of sp³-hybridized carbons (Fsp3) is 0.389. The van der Waals surface area contributed by atoms with Crippen molar-refractivity contribution in [3.8, 4) is 0 Å². The zero-order valence-corrected chi connectivity index (χ0v) is 18.1. The van der Waals surface area contributed by atoms with Crippen LogP contribution < -0.4 is 9.62 Å². The molecule has 1 N–H and O–H groups in total. The molecule has 2 heterocycles. The molecule has 0 aliphatic carbocycles. The minimum absolute atomic E-state index is 0.0499. The molecule has 1 saturated heterocycles. The fourth-order valence-corrected chi connectivity index (χ4v) is 5.37. The van der Waals surface area contributed by atoms with E-state index in [9.17, 15) is 17.2 Å². The van der Waals surface area contributed by atoms with Crippen LogP contribution in [0.1, 0.15) is 6.42 Å². The lowest BCUT2D eigenvalue weighted by atomic mass is 10.1. The Labute approximate surface area is 178 Å². The van der Waals surface area contributed by atoms with Gasteiger partial charge in [-0.2, -0.15) is 4.39 Å². The van der Waals surface area contributed by atoms with E-state index in [0.717, 1.165) is 25.1 Å². The third-order valence-corrected chi connectivity index (χ3v) is 6.95. The lowest BCUT2D eigenvalue weighted by molar-refractivity contribution is 0.340. The van der Waals surface area contributed by atoms with E-state index < -0.39 is 31.7 Å². The SMILES string of the molecule is CN(C)CC1CCN(c2cc(F)c(S(=O)(=O)Nc3cccc(F)n3)c(Cl)c2Cl)C1. The predicted molar refractivity (Wildman–Crippen MR) is 110 cm³/mol. The molecule has 6 nitrogen and oxygen atoms in total. The summed E-state index contributed by atoms with van der Waals surface area (Å²) in [5.41, 5.74) is 0.346. The fourth-order valence-electron chi connectivity index (χ4n) is 3.41. The molecule has 11 heteroatoms. The van der Waals surface area contributed by atoms with E-state index in [-0.39, 0.29) is 10.8 Å². The van der Waals surface area contributed by atoms with Gasteiger partial charge in [0.25, 0.3) is 10.0 Å². The molecule has 1 aromatic heterocycles. The molecule has 158 valence electrons. The lowest BCUT2D eigenvalue weighted by Gasteiger charge is -2.23. The number of hydrogen-bond acceptors (Lipinski definition) is 5. The molecular formula is C18H20Cl2F2N4O2S. The molecule has 1 aliphatic rings. The predicted octanol–water partition coefficient (Wildman–Crippen LogP) is 3.86. The summed E-state index contributed by atoms with van der Waals surface area (Å²) in [4.78, 5) is 6.57. The summed E-state index contributed by atoms with van der Waals surface area (Å²) in [6.45, 7) is 2.19. The van der Waals surface area contributed by atoms with Crippen LogP contribution in [0.25, 0.3) is 0 Å². The second-order valence-corrected chi connectivity index (χ2v) is 9.52. The van der Waals surface area contributed by atoms with Crippen LogP contribution in [0.5, 0.6) is 0 Å². The molecule has 0 spiro atoms. The first-order chi connectivity index (χ1) is 13.6. The molecule has 1 atom stereocenters. The molecule has 0 amide bonds. The van der Waals surface area contributed by atoms with Crippen LogP contribution >= 0.6 is 23.2 Å². The van der Waals surface area contributed by atoms with E-state index in [4.69, 9.17) is 23.2 Å². The maximum atomic E-state index is 14.8. The minimum Gasteiger partial charge on any atom is -0.370 e. The number of rotatable bonds is 6. The Kier molecular flexibility index (Phi) is 6.52. The van der Waals surface area contributed by atoms with Gasteiger partial charge in [0, 0.05) is 25.7 Å². The average molecular weight is 465 g/mol. The van der Waals surface area contributed by atoms with Gasteiger partial charge in [-0.05, 0) is 38.6 Å². The Morgan fingerprint density at radius 1 is 1.28 bits per heavy atom. The first-order valence-electron chi connectivity index (χ1n) is 8.81. The van der Waals surface area contributed by atoms with Gasteiger partial charge in [0.1, 0.15) is 16.5 Å². The molecule has 3 rings (SSSR count). The van der Waals surface area contributed by atoms with Crippen LogP contribution in [-0.2, 0) is 10.0 Å². The van der Waals surface area contributed by atoms with Crippen molar-refractivity contribution in [3.63, 3.8) is 0 Å². The number of sulfonamides is 1. The molecule has 0 saturated carbocycles. The van der Waals surface area contributed by atoms with E-state index in [1.54, 1.807) is 0 Å². The van der Waals surface area contributed by atoms with Gasteiger partial charge in [-0.25, -0.2) is 17.8 Å². The topological polar surface area (TPSA) is 65.5 Å². The summed E-state index contributed by atoms with van der Waals surface area (Å²) in [5, 5.41) is -0.479. The maximum Gasteiger partial charge on any atom is 0.267 e. The van der Waals surface area contributed by atoms with Gasteiger partial charge in [0.15, 0.2) is 0 Å². The van der Waals surface area contributed by atoms with Crippen LogP contribution in [0, 0.1) is 17.7 Å². The number of pyridine rings is 1. The normalized spacial score (nSPS) is 17.2. The average Bonchev–Trinajstić information content (AvgIpc) is 3.05. The standard InChI is InChI=1S/C18H20Cl2F2N4O2S/c1-25(2)9-11-6-7-26(10-11)13-8-12(21)18(17(20)16(13)19)29(27,28)24-15-5-3-4-14(22)23-15/h3-5,8,11H,6-7,9-10H2,1-2H3,(H,23,24). The number of aromatic nitrogens is 1. The first-order valence-corrected chi connectivity index (χ1v) is 11.0. The number of nitrogens with zero attached hydrogens (tertiary/aromatic N) is 3. The van der Waals surface area contributed by atoms with E-state index >= 15 is 0 Å². The van der Waals surface area contributed by atoms with Gasteiger partial charge in [-0.3, -0.25) is 4.72 Å². The monoisotopic (exact) mass is 464 g/mol. The van der Waals surface area contributed by atoms with Gasteiger partial charge in [-0.1, -0.05) is 29.3 Å². The van der Waals surface area contributed by atoms with Gasteiger partial charge in [0.2, 0.25) is 5.95 Å². The van der Waals surface area contributed by atoms with Crippen molar-refractivity contribution in [3.05, 3.63) is 46.1 Å². The highest BCUT2D eigenvalue weighted by atomic mass is 35.5. The van der Waals surface area contributed by atoms with Gasteiger partial charge in [-0.15, -0.1) is 0 Å². The summed E-state index contributed by atoms with van der Waals surface area (Å²) in [7, 11) is -0.520. The van der Waals surface area contributed by atoms with Crippen molar-refractivity contribution in [2.45, 2.75) is 11.3 Å². The van der Waals surface area contributed by atoms with Gasteiger partial charge < -0.3 is 9.80 Å². The second-order valence-electron chi connectivity index (χ2n) is 7.15. The Morgan fingerprint density at radius 2 is 2.00 bits per heavy atom. The number of benzene rings is 1. The van der Waals surface area contributed by atoms with Crippen LogP contribution in [0.2, 0.25) is 10.0 Å². The highest BCUT2D eigenvalue weighted by Gasteiger charge is 2.31. The Hall–Kier alpha value is -1.68. The maximum absolute atomic E-state index is 14.8. The third kappa shape index (κ3) is 4.91. The Balaban J connectivity index is 1.91. The van der Waals surface area contributed by atoms with E-state index in [1.807, 2.05) is 23.7 Å². The van der Waals surface area contributed by atoms with Crippen LogP contribution in [0.4, 0.5) is 20.3 Å². The van der Waals surface area contributed by atoms with Crippen molar-refractivity contribution in [1.82, 2.24) is 9.88 Å². The molecule has 0 bridgehead atoms. The Morgan fingerprint density at radius 3 is 2.66 bits per heavy atom. The molecule has 29 heavy (non-hydrogen) atoms. The summed E-state index contributed by atoms with van der Waals surface area (Å²) in [5.74, 6) is -1.85. The summed E-state index contributed by atoms with van der Waals surface area (Å²) >= 11 is 12.5. The second kappa shape index (κ2) is 8.59. The van der Waals surface area contributed by atoms with Gasteiger partial charge >= 0.3 is 0 Å². The first kappa shape index (κ1) is 22.0. The quantitative estimate of drug-likeness (QED) is 0.519. The van der Waals surface area contributed by atoms with Crippen molar-refractivity contribution in [1.29, 1.82) is 0 Å². The molecular weight excluding hydrogens is 445 g/mol. The molecule has 1 aliphatic heterocycles. The van der Waals surface area contributed by atoms with Crippen LogP contribution in [-0.4, -0.2) is 52.0 Å². The van der Waals surface area contributed by atoms with E-state index in [1.165, 1.54) is 12.1 Å². The minimum atomic E-state index is -4.48. The van der Waals surface area contributed by atoms with Crippen LogP contribution in [0.3, 0.4) is 0 Å². The van der Waals surface area contributed by atoms with Crippen molar-refractivity contribution in [2.24, 2.45) is 5.92 Å². The molecule has 1 unspecified atom stereocenters. The third-order valence-electron chi connectivity index (χ3n) is 4.57. The number of halogens is 4. The highest BCUT2D eigenvalue weighted by molar-refractivity contribution is 7.92.